The van der Waals surface area contributed by atoms with E-state index in [1.54, 1.807) is 6.07 Å². The number of halogens is 1. The maximum absolute atomic E-state index is 12.0. The number of hydrogen-bond donors (Lipinski definition) is 1. The highest BCUT2D eigenvalue weighted by Crippen LogP contribution is 2.29. The van der Waals surface area contributed by atoms with Gasteiger partial charge in [0.2, 0.25) is 11.5 Å². The van der Waals surface area contributed by atoms with Crippen LogP contribution in [0.2, 0.25) is 0 Å². The van der Waals surface area contributed by atoms with Gasteiger partial charge in [0.15, 0.2) is 5.76 Å². The van der Waals surface area contributed by atoms with Gasteiger partial charge in [-0.1, -0.05) is 0 Å². The van der Waals surface area contributed by atoms with E-state index in [9.17, 15) is 9.59 Å². The van der Waals surface area contributed by atoms with Crippen molar-refractivity contribution in [1.82, 2.24) is 0 Å². The van der Waals surface area contributed by atoms with E-state index in [-0.39, 0.29) is 17.3 Å². The Labute approximate surface area is 109 Å². The van der Waals surface area contributed by atoms with Crippen LogP contribution in [0.5, 0.6) is 0 Å². The van der Waals surface area contributed by atoms with Crippen molar-refractivity contribution in [2.45, 2.75) is 6.92 Å². The average Bonchev–Trinajstić information content (AvgIpc) is 2.86. The van der Waals surface area contributed by atoms with Crippen LogP contribution in [0.1, 0.15) is 31.6 Å². The van der Waals surface area contributed by atoms with Gasteiger partial charge in [-0.25, -0.2) is 4.79 Å². The first-order valence-electron chi connectivity index (χ1n) is 4.63. The predicted molar refractivity (Wildman–Crippen MR) is 65.9 cm³/mol. The van der Waals surface area contributed by atoms with Gasteiger partial charge in [0, 0.05) is 0 Å². The van der Waals surface area contributed by atoms with Crippen molar-refractivity contribution in [3.05, 3.63) is 43.9 Å². The topological polar surface area (TPSA) is 67.5 Å². The molecule has 2 aromatic heterocycles. The Kier molecular flexibility index (Phi) is 3.17. The highest BCUT2D eigenvalue weighted by atomic mass is 79.9. The van der Waals surface area contributed by atoms with Gasteiger partial charge < -0.3 is 9.52 Å². The zero-order valence-electron chi connectivity index (χ0n) is 8.69. The van der Waals surface area contributed by atoms with E-state index in [2.05, 4.69) is 15.9 Å². The fourth-order valence-electron chi connectivity index (χ4n) is 1.27. The molecule has 88 valence electrons. The molecule has 17 heavy (non-hydrogen) atoms. The summed E-state index contributed by atoms with van der Waals surface area (Å²) in [6.45, 7) is 1.88. The van der Waals surface area contributed by atoms with Crippen molar-refractivity contribution in [2.24, 2.45) is 0 Å². The molecule has 0 unspecified atom stereocenters. The summed E-state index contributed by atoms with van der Waals surface area (Å²) in [5.74, 6) is -1.69. The van der Waals surface area contributed by atoms with E-state index >= 15 is 0 Å². The minimum atomic E-state index is -1.19. The highest BCUT2D eigenvalue weighted by molar-refractivity contribution is 9.11. The number of aromatic carboxylic acids is 1. The summed E-state index contributed by atoms with van der Waals surface area (Å²) in [6, 6.07) is 4.37. The van der Waals surface area contributed by atoms with E-state index in [4.69, 9.17) is 9.52 Å². The zero-order chi connectivity index (χ0) is 12.6. The van der Waals surface area contributed by atoms with Gasteiger partial charge in [-0.2, -0.15) is 0 Å². The number of thiophene rings is 1. The molecule has 1 N–H and O–H groups in total. The molecule has 2 rings (SSSR count). The smallest absolute Gasteiger partial charge is 0.371 e. The second-order valence-corrected chi connectivity index (χ2v) is 5.74. The lowest BCUT2D eigenvalue weighted by Crippen LogP contribution is -1.97. The number of carbonyl (C=O) groups is 2. The van der Waals surface area contributed by atoms with Gasteiger partial charge >= 0.3 is 5.97 Å². The predicted octanol–water partition coefficient (Wildman–Crippen LogP) is 3.34. The Bertz CT molecular complexity index is 577. The molecule has 6 heteroatoms. The molecule has 0 saturated carbocycles. The number of hydrogen-bond acceptors (Lipinski definition) is 4. The molecule has 0 aliphatic rings. The summed E-state index contributed by atoms with van der Waals surface area (Å²) >= 11 is 4.62. The minimum Gasteiger partial charge on any atom is -0.475 e. The molecule has 4 nitrogen and oxygen atoms in total. The normalized spacial score (nSPS) is 10.5. The Balaban J connectivity index is 2.33. The number of furan rings is 1. The third-order valence-electron chi connectivity index (χ3n) is 2.12. The Hall–Kier alpha value is -1.40. The number of aryl methyl sites for hydroxylation is 1. The van der Waals surface area contributed by atoms with Crippen molar-refractivity contribution in [1.29, 1.82) is 0 Å². The summed E-state index contributed by atoms with van der Waals surface area (Å²) in [5, 5.41) is 8.69. The van der Waals surface area contributed by atoms with Gasteiger partial charge in [-0.15, -0.1) is 11.3 Å². The van der Waals surface area contributed by atoms with Crippen LogP contribution in [0.25, 0.3) is 0 Å². The largest absolute Gasteiger partial charge is 0.475 e. The highest BCUT2D eigenvalue weighted by Gasteiger charge is 2.18. The number of rotatable bonds is 3. The quantitative estimate of drug-likeness (QED) is 0.882. The first-order valence-corrected chi connectivity index (χ1v) is 6.23. The van der Waals surface area contributed by atoms with Crippen LogP contribution in [0.3, 0.4) is 0 Å². The third kappa shape index (κ3) is 2.32. The summed E-state index contributed by atoms with van der Waals surface area (Å²) < 4.78 is 5.83. The second-order valence-electron chi connectivity index (χ2n) is 3.37. The summed E-state index contributed by atoms with van der Waals surface area (Å²) in [5.41, 5.74) is 0.961. The van der Waals surface area contributed by atoms with E-state index in [0.29, 0.717) is 4.88 Å². The minimum absolute atomic E-state index is 0.0381. The van der Waals surface area contributed by atoms with Crippen molar-refractivity contribution in [3.8, 4) is 0 Å². The molecule has 0 fully saturated rings. The summed E-state index contributed by atoms with van der Waals surface area (Å²) in [6.07, 6.45) is 0. The van der Waals surface area contributed by atoms with Crippen LogP contribution in [-0.4, -0.2) is 16.9 Å². The lowest BCUT2D eigenvalue weighted by molar-refractivity contribution is 0.0660. The van der Waals surface area contributed by atoms with Crippen LogP contribution in [0.4, 0.5) is 0 Å². The summed E-state index contributed by atoms with van der Waals surface area (Å²) in [7, 11) is 0. The zero-order valence-corrected chi connectivity index (χ0v) is 11.1. The van der Waals surface area contributed by atoms with Gasteiger partial charge in [-0.05, 0) is 46.6 Å². The summed E-state index contributed by atoms with van der Waals surface area (Å²) in [4.78, 5) is 23.1. The molecule has 0 aromatic carbocycles. The molecule has 0 atom stereocenters. The van der Waals surface area contributed by atoms with E-state index < -0.39 is 5.97 Å². The van der Waals surface area contributed by atoms with Gasteiger partial charge in [0.05, 0.1) is 8.66 Å². The molecule has 0 saturated heterocycles. The lowest BCUT2D eigenvalue weighted by Gasteiger charge is -1.91. The van der Waals surface area contributed by atoms with Gasteiger partial charge in [0.1, 0.15) is 0 Å². The molecule has 0 spiro atoms. The Morgan fingerprint density at radius 1 is 1.35 bits per heavy atom. The molecule has 0 amide bonds. The van der Waals surface area contributed by atoms with Crippen molar-refractivity contribution in [3.63, 3.8) is 0 Å². The molecular formula is C11H7BrO4S. The number of carboxylic acids is 1. The Morgan fingerprint density at radius 2 is 2.00 bits per heavy atom. The van der Waals surface area contributed by atoms with Crippen molar-refractivity contribution >= 4 is 39.0 Å². The van der Waals surface area contributed by atoms with Crippen LogP contribution >= 0.6 is 27.3 Å². The van der Waals surface area contributed by atoms with Crippen LogP contribution in [0.15, 0.2) is 26.4 Å². The molecule has 0 aliphatic carbocycles. The molecule has 2 aromatic rings. The fourth-order valence-corrected chi connectivity index (χ4v) is 2.75. The van der Waals surface area contributed by atoms with Crippen molar-refractivity contribution < 1.29 is 19.1 Å². The SMILES string of the molecule is Cc1cc(C(=O)c2ccc(C(=O)O)o2)sc1Br. The van der Waals surface area contributed by atoms with E-state index in [0.717, 1.165) is 9.35 Å². The molecule has 0 radical (unpaired) electrons. The number of ketones is 1. The molecule has 2 heterocycles. The third-order valence-corrected chi connectivity index (χ3v) is 4.26. The van der Waals surface area contributed by atoms with E-state index in [1.165, 1.54) is 23.5 Å². The molecule has 0 aliphatic heterocycles. The molecule has 0 bridgehead atoms. The standard InChI is InChI=1S/C11H7BrO4S/c1-5-4-8(17-10(5)12)9(13)6-2-3-7(16-6)11(14)15/h2-4H,1H3,(H,14,15). The Morgan fingerprint density at radius 3 is 2.47 bits per heavy atom. The van der Waals surface area contributed by atoms with Crippen LogP contribution < -0.4 is 0 Å². The van der Waals surface area contributed by atoms with E-state index in [1.807, 2.05) is 6.92 Å². The van der Waals surface area contributed by atoms with Crippen LogP contribution in [-0.2, 0) is 0 Å². The van der Waals surface area contributed by atoms with Gasteiger partial charge in [0.25, 0.3) is 0 Å². The fraction of sp³-hybridized carbons (Fsp3) is 0.0909. The number of carbonyl (C=O) groups excluding carboxylic acids is 1. The van der Waals surface area contributed by atoms with Crippen LogP contribution in [0, 0.1) is 6.92 Å². The number of carboxylic acid groups (broad SMARTS) is 1. The molecular weight excluding hydrogens is 308 g/mol. The maximum atomic E-state index is 12.0. The average molecular weight is 315 g/mol. The first-order chi connectivity index (χ1) is 7.99. The first kappa shape index (κ1) is 12.1. The monoisotopic (exact) mass is 314 g/mol. The maximum Gasteiger partial charge on any atom is 0.371 e. The lowest BCUT2D eigenvalue weighted by atomic mass is 10.2. The second kappa shape index (κ2) is 4.46. The van der Waals surface area contributed by atoms with Gasteiger partial charge in [-0.3, -0.25) is 4.79 Å². The van der Waals surface area contributed by atoms with Crippen molar-refractivity contribution in [2.75, 3.05) is 0 Å².